The van der Waals surface area contributed by atoms with Gasteiger partial charge in [-0.1, -0.05) is 12.1 Å². The topological polar surface area (TPSA) is 38.9 Å². The highest BCUT2D eigenvalue weighted by atomic mass is 32.1. The number of aryl methyl sites for hydroxylation is 1. The van der Waals surface area contributed by atoms with Crippen molar-refractivity contribution in [1.29, 1.82) is 0 Å². The zero-order valence-corrected chi connectivity index (χ0v) is 12.7. The fourth-order valence-electron chi connectivity index (χ4n) is 2.22. The Hall–Kier alpha value is -2.20. The van der Waals surface area contributed by atoms with Crippen molar-refractivity contribution in [1.82, 2.24) is 4.98 Å². The molecule has 3 aromatic rings. The van der Waals surface area contributed by atoms with E-state index in [1.165, 1.54) is 6.07 Å². The van der Waals surface area contributed by atoms with Crippen molar-refractivity contribution in [2.24, 2.45) is 0 Å². The van der Waals surface area contributed by atoms with Crippen LogP contribution in [-0.2, 0) is 0 Å². The highest BCUT2D eigenvalue weighted by Crippen LogP contribution is 2.32. The van der Waals surface area contributed by atoms with Gasteiger partial charge in [0.05, 0.1) is 5.69 Å². The largest absolute Gasteiger partial charge is 0.398 e. The monoisotopic (exact) mass is 298 g/mol. The average Bonchev–Trinajstić information content (AvgIpc) is 2.94. The van der Waals surface area contributed by atoms with Crippen LogP contribution in [0.4, 0.5) is 10.1 Å². The zero-order chi connectivity index (χ0) is 15.0. The summed E-state index contributed by atoms with van der Waals surface area (Å²) in [7, 11) is 0. The Kier molecular flexibility index (Phi) is 3.47. The van der Waals surface area contributed by atoms with Gasteiger partial charge in [0, 0.05) is 22.2 Å². The molecule has 106 valence electrons. The summed E-state index contributed by atoms with van der Waals surface area (Å²) >= 11 is 1.57. The summed E-state index contributed by atoms with van der Waals surface area (Å²) in [5, 5.41) is 2.92. The summed E-state index contributed by atoms with van der Waals surface area (Å²) < 4.78 is 13.4. The number of halogens is 1. The summed E-state index contributed by atoms with van der Waals surface area (Å²) in [5.74, 6) is -0.194. The van der Waals surface area contributed by atoms with E-state index in [0.29, 0.717) is 5.56 Å². The number of nitrogen functional groups attached to an aromatic ring is 1. The molecule has 2 aromatic carbocycles. The predicted octanol–water partition coefficient (Wildman–Crippen LogP) is 4.82. The first kappa shape index (κ1) is 13.8. The second-order valence-electron chi connectivity index (χ2n) is 5.02. The van der Waals surface area contributed by atoms with Gasteiger partial charge < -0.3 is 5.73 Å². The molecule has 0 aliphatic carbocycles. The van der Waals surface area contributed by atoms with Crippen LogP contribution < -0.4 is 5.73 Å². The Morgan fingerprint density at radius 1 is 1.14 bits per heavy atom. The number of aromatic nitrogens is 1. The van der Waals surface area contributed by atoms with Crippen LogP contribution in [0, 0.1) is 19.7 Å². The first-order chi connectivity index (χ1) is 10.1. The molecule has 1 aromatic heterocycles. The van der Waals surface area contributed by atoms with Gasteiger partial charge in [0.2, 0.25) is 0 Å². The summed E-state index contributed by atoms with van der Waals surface area (Å²) in [6.45, 7) is 3.75. The summed E-state index contributed by atoms with van der Waals surface area (Å²) in [5.41, 5.74) is 11.2. The maximum Gasteiger partial charge on any atom is 0.126 e. The average molecular weight is 298 g/mol. The van der Waals surface area contributed by atoms with E-state index in [2.05, 4.69) is 4.98 Å². The molecule has 0 radical (unpaired) electrons. The lowest BCUT2D eigenvalue weighted by Gasteiger charge is -2.05. The fourth-order valence-corrected chi connectivity index (χ4v) is 3.13. The Bertz CT molecular complexity index is 808. The molecule has 21 heavy (non-hydrogen) atoms. The second kappa shape index (κ2) is 5.30. The normalized spacial score (nSPS) is 10.8. The van der Waals surface area contributed by atoms with Crippen LogP contribution in [0.5, 0.6) is 0 Å². The molecule has 1 heterocycles. The first-order valence-electron chi connectivity index (χ1n) is 6.64. The molecule has 0 fully saturated rings. The van der Waals surface area contributed by atoms with Crippen LogP contribution in [0.3, 0.4) is 0 Å². The number of thiazole rings is 1. The summed E-state index contributed by atoms with van der Waals surface area (Å²) in [4.78, 5) is 4.66. The highest BCUT2D eigenvalue weighted by molar-refractivity contribution is 7.13. The minimum absolute atomic E-state index is 0.194. The zero-order valence-electron chi connectivity index (χ0n) is 11.9. The quantitative estimate of drug-likeness (QED) is 0.689. The Balaban J connectivity index is 2.03. The van der Waals surface area contributed by atoms with Crippen LogP contribution in [0.2, 0.25) is 0 Å². The molecule has 0 bridgehead atoms. The van der Waals surface area contributed by atoms with Crippen molar-refractivity contribution in [3.05, 3.63) is 58.7 Å². The Morgan fingerprint density at radius 2 is 1.95 bits per heavy atom. The number of nitrogens with zero attached hydrogens (tertiary/aromatic N) is 1. The molecule has 0 atom stereocenters. The smallest absolute Gasteiger partial charge is 0.126 e. The maximum atomic E-state index is 13.4. The molecule has 0 unspecified atom stereocenters. The molecule has 3 rings (SSSR count). The van der Waals surface area contributed by atoms with E-state index in [1.807, 2.05) is 36.6 Å². The van der Waals surface area contributed by atoms with Crippen molar-refractivity contribution in [2.45, 2.75) is 13.8 Å². The minimum atomic E-state index is -0.194. The molecular formula is C17H15FN2S. The van der Waals surface area contributed by atoms with Crippen LogP contribution in [0.25, 0.3) is 21.8 Å². The van der Waals surface area contributed by atoms with Gasteiger partial charge in [0.25, 0.3) is 0 Å². The van der Waals surface area contributed by atoms with Gasteiger partial charge in [-0.2, -0.15) is 0 Å². The summed E-state index contributed by atoms with van der Waals surface area (Å²) in [6, 6.07) is 10.9. The van der Waals surface area contributed by atoms with Crippen LogP contribution in [-0.4, -0.2) is 4.98 Å². The molecule has 0 amide bonds. The number of nitrogens with two attached hydrogens (primary N) is 1. The van der Waals surface area contributed by atoms with E-state index in [0.717, 1.165) is 33.1 Å². The van der Waals surface area contributed by atoms with Gasteiger partial charge in [0.1, 0.15) is 10.8 Å². The lowest BCUT2D eigenvalue weighted by Crippen LogP contribution is -1.91. The van der Waals surface area contributed by atoms with Gasteiger partial charge in [-0.3, -0.25) is 0 Å². The van der Waals surface area contributed by atoms with Gasteiger partial charge >= 0.3 is 0 Å². The van der Waals surface area contributed by atoms with Crippen molar-refractivity contribution in [3.63, 3.8) is 0 Å². The molecule has 2 nitrogen and oxygen atoms in total. The van der Waals surface area contributed by atoms with E-state index >= 15 is 0 Å². The number of benzene rings is 2. The van der Waals surface area contributed by atoms with Crippen molar-refractivity contribution in [2.75, 3.05) is 5.73 Å². The molecule has 0 spiro atoms. The molecule has 2 N–H and O–H groups in total. The van der Waals surface area contributed by atoms with Crippen molar-refractivity contribution < 1.29 is 4.39 Å². The van der Waals surface area contributed by atoms with Gasteiger partial charge in [-0.15, -0.1) is 11.3 Å². The van der Waals surface area contributed by atoms with Crippen LogP contribution in [0.1, 0.15) is 11.1 Å². The van der Waals surface area contributed by atoms with Gasteiger partial charge in [-0.25, -0.2) is 9.37 Å². The lowest BCUT2D eigenvalue weighted by atomic mass is 10.1. The number of hydrogen-bond acceptors (Lipinski definition) is 3. The highest BCUT2D eigenvalue weighted by Gasteiger charge is 2.11. The van der Waals surface area contributed by atoms with E-state index in [1.54, 1.807) is 24.3 Å². The third-order valence-electron chi connectivity index (χ3n) is 3.56. The van der Waals surface area contributed by atoms with Crippen LogP contribution >= 0.6 is 11.3 Å². The fraction of sp³-hybridized carbons (Fsp3) is 0.118. The minimum Gasteiger partial charge on any atom is -0.398 e. The molecule has 0 saturated carbocycles. The molecule has 0 aliphatic heterocycles. The van der Waals surface area contributed by atoms with Gasteiger partial charge in [0.15, 0.2) is 0 Å². The molecule has 0 aliphatic rings. The van der Waals surface area contributed by atoms with E-state index < -0.39 is 0 Å². The molecule has 0 saturated heterocycles. The second-order valence-corrected chi connectivity index (χ2v) is 5.88. The SMILES string of the molecule is Cc1cc(-c2csc(-c3cccc(N)c3C)n2)ccc1F. The Morgan fingerprint density at radius 3 is 2.71 bits per heavy atom. The lowest BCUT2D eigenvalue weighted by molar-refractivity contribution is 0.619. The number of anilines is 1. The van der Waals surface area contributed by atoms with E-state index in [-0.39, 0.29) is 5.82 Å². The van der Waals surface area contributed by atoms with Crippen molar-refractivity contribution in [3.8, 4) is 21.8 Å². The van der Waals surface area contributed by atoms with Crippen LogP contribution in [0.15, 0.2) is 41.8 Å². The number of rotatable bonds is 2. The van der Waals surface area contributed by atoms with E-state index in [4.69, 9.17) is 5.73 Å². The maximum absolute atomic E-state index is 13.4. The third-order valence-corrected chi connectivity index (χ3v) is 4.44. The molecule has 4 heteroatoms. The standard InChI is InChI=1S/C17H15FN2S/c1-10-8-12(6-7-14(10)18)16-9-21-17(20-16)13-4-3-5-15(19)11(13)2/h3-9H,19H2,1-2H3. The van der Waals surface area contributed by atoms with Gasteiger partial charge in [-0.05, 0) is 49.2 Å². The number of hydrogen-bond donors (Lipinski definition) is 1. The van der Waals surface area contributed by atoms with E-state index in [9.17, 15) is 4.39 Å². The third kappa shape index (κ3) is 2.54. The predicted molar refractivity (Wildman–Crippen MR) is 86.8 cm³/mol. The molecular weight excluding hydrogens is 283 g/mol. The van der Waals surface area contributed by atoms with Crippen molar-refractivity contribution >= 4 is 17.0 Å². The Labute approximate surface area is 127 Å². The first-order valence-corrected chi connectivity index (χ1v) is 7.52. The summed E-state index contributed by atoms with van der Waals surface area (Å²) in [6.07, 6.45) is 0.